The van der Waals surface area contributed by atoms with Crippen LogP contribution in [0.2, 0.25) is 0 Å². The first-order valence-corrected chi connectivity index (χ1v) is 7.54. The molecule has 0 saturated carbocycles. The summed E-state index contributed by atoms with van der Waals surface area (Å²) in [5.74, 6) is 0.860. The fraction of sp³-hybridized carbons (Fsp3) is 0.333. The molecular weight excluding hydrogens is 274 g/mol. The molecular formula is C18H19N3O. The quantitative estimate of drug-likeness (QED) is 0.662. The maximum atomic E-state index is 8.70. The second-order valence-corrected chi connectivity index (χ2v) is 5.44. The molecule has 4 heteroatoms. The number of ether oxygens (including phenoxy) is 1. The molecule has 0 atom stereocenters. The Morgan fingerprint density at radius 1 is 1.23 bits per heavy atom. The van der Waals surface area contributed by atoms with Gasteiger partial charge in [-0.2, -0.15) is 5.26 Å². The summed E-state index contributed by atoms with van der Waals surface area (Å²) in [6.45, 7) is 2.94. The lowest BCUT2D eigenvalue weighted by Gasteiger charge is -2.08. The van der Waals surface area contributed by atoms with Gasteiger partial charge in [0, 0.05) is 36.0 Å². The van der Waals surface area contributed by atoms with Gasteiger partial charge in [0.05, 0.1) is 29.9 Å². The summed E-state index contributed by atoms with van der Waals surface area (Å²) in [5.41, 5.74) is 3.39. The minimum atomic E-state index is 0.609. The Kier molecular flexibility index (Phi) is 3.97. The number of hydrogen-bond acceptors (Lipinski definition) is 3. The van der Waals surface area contributed by atoms with Gasteiger partial charge in [0.1, 0.15) is 5.75 Å². The number of aryl methyl sites for hydroxylation is 2. The van der Waals surface area contributed by atoms with Gasteiger partial charge in [-0.05, 0) is 38.0 Å². The SMILES string of the molecule is COc1ccc2c3ccnc(C)c3n(CCCCC#N)c2c1. The maximum Gasteiger partial charge on any atom is 0.120 e. The lowest BCUT2D eigenvalue weighted by atomic mass is 10.1. The summed E-state index contributed by atoms with van der Waals surface area (Å²) in [7, 11) is 1.69. The van der Waals surface area contributed by atoms with E-state index >= 15 is 0 Å². The average molecular weight is 293 g/mol. The smallest absolute Gasteiger partial charge is 0.120 e. The zero-order chi connectivity index (χ0) is 15.5. The van der Waals surface area contributed by atoms with E-state index in [4.69, 9.17) is 10.00 Å². The van der Waals surface area contributed by atoms with Gasteiger partial charge in [-0.1, -0.05) is 0 Å². The van der Waals surface area contributed by atoms with Crippen LogP contribution in [0.25, 0.3) is 21.8 Å². The summed E-state index contributed by atoms with van der Waals surface area (Å²) in [6.07, 6.45) is 4.37. The number of aromatic nitrogens is 2. The van der Waals surface area contributed by atoms with E-state index in [2.05, 4.69) is 33.8 Å². The van der Waals surface area contributed by atoms with Crippen molar-refractivity contribution in [2.45, 2.75) is 32.7 Å². The predicted molar refractivity (Wildman–Crippen MR) is 88.0 cm³/mol. The predicted octanol–water partition coefficient (Wildman–Crippen LogP) is 4.20. The number of unbranched alkanes of at least 4 members (excludes halogenated alkanes) is 2. The van der Waals surface area contributed by atoms with Gasteiger partial charge in [-0.15, -0.1) is 0 Å². The summed E-state index contributed by atoms with van der Waals surface area (Å²) in [6, 6.07) is 10.5. The van der Waals surface area contributed by atoms with Crippen molar-refractivity contribution in [3.05, 3.63) is 36.2 Å². The molecule has 3 rings (SSSR count). The fourth-order valence-electron chi connectivity index (χ4n) is 3.03. The summed E-state index contributed by atoms with van der Waals surface area (Å²) in [4.78, 5) is 4.45. The van der Waals surface area contributed by atoms with Crippen LogP contribution in [0.15, 0.2) is 30.5 Å². The molecule has 1 aromatic carbocycles. The van der Waals surface area contributed by atoms with Crippen molar-refractivity contribution in [2.75, 3.05) is 7.11 Å². The highest BCUT2D eigenvalue weighted by molar-refractivity contribution is 6.09. The monoisotopic (exact) mass is 293 g/mol. The van der Waals surface area contributed by atoms with Crippen LogP contribution in [0.5, 0.6) is 5.75 Å². The first-order chi connectivity index (χ1) is 10.8. The Labute approximate surface area is 129 Å². The van der Waals surface area contributed by atoms with Crippen molar-refractivity contribution >= 4 is 21.8 Å². The van der Waals surface area contributed by atoms with Crippen LogP contribution < -0.4 is 4.74 Å². The highest BCUT2D eigenvalue weighted by atomic mass is 16.5. The van der Waals surface area contributed by atoms with Crippen molar-refractivity contribution in [3.8, 4) is 11.8 Å². The summed E-state index contributed by atoms with van der Waals surface area (Å²) in [5, 5.41) is 11.1. The molecule has 0 N–H and O–H groups in total. The van der Waals surface area contributed by atoms with Crippen LogP contribution in [-0.4, -0.2) is 16.7 Å². The van der Waals surface area contributed by atoms with Crippen molar-refractivity contribution < 1.29 is 4.74 Å². The number of methoxy groups -OCH3 is 1. The normalized spacial score (nSPS) is 11.0. The molecule has 0 amide bonds. The summed E-state index contributed by atoms with van der Waals surface area (Å²) >= 11 is 0. The van der Waals surface area contributed by atoms with Gasteiger partial charge in [-0.25, -0.2) is 0 Å². The second kappa shape index (κ2) is 6.07. The largest absolute Gasteiger partial charge is 0.497 e. The summed E-state index contributed by atoms with van der Waals surface area (Å²) < 4.78 is 7.69. The molecule has 2 aromatic heterocycles. The van der Waals surface area contributed by atoms with Gasteiger partial charge in [0.15, 0.2) is 0 Å². The Morgan fingerprint density at radius 2 is 2.09 bits per heavy atom. The zero-order valence-corrected chi connectivity index (χ0v) is 13.0. The van der Waals surface area contributed by atoms with Gasteiger partial charge in [0.25, 0.3) is 0 Å². The van der Waals surface area contributed by atoms with Gasteiger partial charge >= 0.3 is 0 Å². The third-order valence-corrected chi connectivity index (χ3v) is 4.08. The number of nitrogens with zero attached hydrogens (tertiary/aromatic N) is 3. The van der Waals surface area contributed by atoms with E-state index in [-0.39, 0.29) is 0 Å². The molecule has 0 radical (unpaired) electrons. The Bertz CT molecular complexity index is 858. The van der Waals surface area contributed by atoms with E-state index in [1.807, 2.05) is 19.2 Å². The molecule has 0 spiro atoms. The van der Waals surface area contributed by atoms with Crippen molar-refractivity contribution in [1.82, 2.24) is 9.55 Å². The van der Waals surface area contributed by atoms with E-state index in [0.717, 1.165) is 30.8 Å². The molecule has 3 aromatic rings. The molecule has 0 aliphatic carbocycles. The minimum Gasteiger partial charge on any atom is -0.497 e. The van der Waals surface area contributed by atoms with Gasteiger partial charge in [-0.3, -0.25) is 4.98 Å². The van der Waals surface area contributed by atoms with E-state index in [0.29, 0.717) is 6.42 Å². The van der Waals surface area contributed by atoms with Crippen LogP contribution in [-0.2, 0) is 6.54 Å². The van der Waals surface area contributed by atoms with E-state index in [1.165, 1.54) is 21.8 Å². The van der Waals surface area contributed by atoms with Gasteiger partial charge < -0.3 is 9.30 Å². The average Bonchev–Trinajstić information content (AvgIpc) is 2.86. The Morgan fingerprint density at radius 3 is 2.86 bits per heavy atom. The van der Waals surface area contributed by atoms with Crippen LogP contribution in [0, 0.1) is 18.3 Å². The molecule has 0 fully saturated rings. The lowest BCUT2D eigenvalue weighted by molar-refractivity contribution is 0.415. The second-order valence-electron chi connectivity index (χ2n) is 5.44. The van der Waals surface area contributed by atoms with E-state index in [1.54, 1.807) is 7.11 Å². The number of hydrogen-bond donors (Lipinski definition) is 0. The molecule has 0 unspecified atom stereocenters. The first-order valence-electron chi connectivity index (χ1n) is 7.54. The maximum absolute atomic E-state index is 8.70. The van der Waals surface area contributed by atoms with Crippen molar-refractivity contribution in [1.29, 1.82) is 5.26 Å². The molecule has 0 bridgehead atoms. The number of benzene rings is 1. The Balaban J connectivity index is 2.17. The van der Waals surface area contributed by atoms with Crippen molar-refractivity contribution in [2.24, 2.45) is 0 Å². The van der Waals surface area contributed by atoms with E-state index in [9.17, 15) is 0 Å². The van der Waals surface area contributed by atoms with Crippen LogP contribution in [0.3, 0.4) is 0 Å². The fourth-order valence-corrected chi connectivity index (χ4v) is 3.03. The third-order valence-electron chi connectivity index (χ3n) is 4.08. The highest BCUT2D eigenvalue weighted by Gasteiger charge is 2.13. The first kappa shape index (κ1) is 14.4. The molecule has 112 valence electrons. The number of pyridine rings is 1. The molecule has 22 heavy (non-hydrogen) atoms. The molecule has 0 saturated heterocycles. The molecule has 4 nitrogen and oxygen atoms in total. The van der Waals surface area contributed by atoms with Crippen LogP contribution in [0.4, 0.5) is 0 Å². The molecule has 2 heterocycles. The Hall–Kier alpha value is -2.54. The lowest BCUT2D eigenvalue weighted by Crippen LogP contribution is -2.00. The third kappa shape index (κ3) is 2.39. The molecule has 0 aliphatic rings. The molecule has 0 aliphatic heterocycles. The minimum absolute atomic E-state index is 0.609. The van der Waals surface area contributed by atoms with Crippen LogP contribution in [0.1, 0.15) is 25.0 Å². The number of rotatable bonds is 5. The highest BCUT2D eigenvalue weighted by Crippen LogP contribution is 2.32. The van der Waals surface area contributed by atoms with Crippen LogP contribution >= 0.6 is 0 Å². The van der Waals surface area contributed by atoms with E-state index < -0.39 is 0 Å². The number of nitriles is 1. The standard InChI is InChI=1S/C18H19N3O/c1-13-18-16(8-10-20-13)15-7-6-14(22-2)12-17(15)21(18)11-5-3-4-9-19/h6-8,10,12H,3-5,11H2,1-2H3. The zero-order valence-electron chi connectivity index (χ0n) is 13.0. The van der Waals surface area contributed by atoms with Gasteiger partial charge in [0.2, 0.25) is 0 Å². The number of fused-ring (bicyclic) bond motifs is 3. The topological polar surface area (TPSA) is 50.8 Å². The van der Waals surface area contributed by atoms with Crippen molar-refractivity contribution in [3.63, 3.8) is 0 Å².